The molecule has 1 aromatic carbocycles. The fourth-order valence-corrected chi connectivity index (χ4v) is 2.06. The lowest BCUT2D eigenvalue weighted by molar-refractivity contribution is 0.0736. The molecule has 0 aliphatic rings. The molecule has 0 bridgehead atoms. The average molecular weight is 306 g/mol. The Morgan fingerprint density at radius 1 is 1.38 bits per heavy atom. The van der Waals surface area contributed by atoms with Crippen LogP contribution in [0.5, 0.6) is 0 Å². The van der Waals surface area contributed by atoms with Crippen LogP contribution in [0.1, 0.15) is 29.0 Å². The van der Waals surface area contributed by atoms with Crippen LogP contribution in [0.3, 0.4) is 0 Å². The van der Waals surface area contributed by atoms with E-state index in [2.05, 4.69) is 15.4 Å². The second-order valence-corrected chi connectivity index (χ2v) is 5.01. The third-order valence-electron chi connectivity index (χ3n) is 3.25. The van der Waals surface area contributed by atoms with Gasteiger partial charge in [0.25, 0.3) is 5.91 Å². The van der Waals surface area contributed by atoms with Crippen LogP contribution in [0.25, 0.3) is 0 Å². The maximum Gasteiger partial charge on any atom is 0.274 e. The first kappa shape index (κ1) is 15.2. The first-order chi connectivity index (χ1) is 10.0. The monoisotopic (exact) mass is 305 g/mol. The normalized spacial score (nSPS) is 11.8. The minimum Gasteiger partial charge on any atom is -0.334 e. The lowest BCUT2D eigenvalue weighted by Crippen LogP contribution is -2.30. The number of amides is 1. The Labute approximate surface area is 127 Å². The lowest BCUT2D eigenvalue weighted by atomic mass is 10.1. The van der Waals surface area contributed by atoms with Gasteiger partial charge in [0, 0.05) is 12.1 Å². The maximum absolute atomic E-state index is 12.4. The molecule has 0 aliphatic carbocycles. The summed E-state index contributed by atoms with van der Waals surface area (Å²) < 4.78 is 0. The predicted molar refractivity (Wildman–Crippen MR) is 81.8 cm³/mol. The molecule has 3 N–H and O–H groups in total. The van der Waals surface area contributed by atoms with Crippen molar-refractivity contribution in [3.8, 4) is 0 Å². The SMILES string of the molecule is CC(c1cccc(Cl)c1)N(C)C(=O)c1cnc(NN)cn1. The van der Waals surface area contributed by atoms with E-state index in [1.54, 1.807) is 18.0 Å². The Bertz CT molecular complexity index is 632. The molecule has 1 heterocycles. The van der Waals surface area contributed by atoms with Crippen molar-refractivity contribution in [1.82, 2.24) is 14.9 Å². The van der Waals surface area contributed by atoms with Gasteiger partial charge in [-0.1, -0.05) is 23.7 Å². The number of hydrogen-bond donors (Lipinski definition) is 2. The van der Waals surface area contributed by atoms with Crippen LogP contribution >= 0.6 is 11.6 Å². The van der Waals surface area contributed by atoms with Gasteiger partial charge in [0.2, 0.25) is 0 Å². The fourth-order valence-electron chi connectivity index (χ4n) is 1.86. The van der Waals surface area contributed by atoms with E-state index in [0.29, 0.717) is 10.8 Å². The molecule has 2 aromatic rings. The van der Waals surface area contributed by atoms with E-state index < -0.39 is 0 Å². The highest BCUT2D eigenvalue weighted by atomic mass is 35.5. The van der Waals surface area contributed by atoms with E-state index in [-0.39, 0.29) is 17.6 Å². The van der Waals surface area contributed by atoms with Crippen molar-refractivity contribution >= 4 is 23.3 Å². The third kappa shape index (κ3) is 3.48. The lowest BCUT2D eigenvalue weighted by Gasteiger charge is -2.25. The summed E-state index contributed by atoms with van der Waals surface area (Å²) in [6.07, 6.45) is 2.80. The van der Waals surface area contributed by atoms with Crippen LogP contribution in [0, 0.1) is 0 Å². The van der Waals surface area contributed by atoms with E-state index in [0.717, 1.165) is 5.56 Å². The summed E-state index contributed by atoms with van der Waals surface area (Å²) in [7, 11) is 1.71. The fraction of sp³-hybridized carbons (Fsp3) is 0.214. The minimum atomic E-state index is -0.224. The number of halogens is 1. The van der Waals surface area contributed by atoms with Gasteiger partial charge in [-0.2, -0.15) is 0 Å². The number of hydrazine groups is 1. The number of nitrogens with zero attached hydrogens (tertiary/aromatic N) is 3. The summed E-state index contributed by atoms with van der Waals surface area (Å²) in [5.74, 6) is 5.39. The van der Waals surface area contributed by atoms with E-state index in [4.69, 9.17) is 17.4 Å². The number of carbonyl (C=O) groups excluding carboxylic acids is 1. The van der Waals surface area contributed by atoms with E-state index >= 15 is 0 Å². The number of anilines is 1. The molecule has 1 atom stereocenters. The highest BCUT2D eigenvalue weighted by Crippen LogP contribution is 2.22. The summed E-state index contributed by atoms with van der Waals surface area (Å²) in [6.45, 7) is 1.92. The Balaban J connectivity index is 2.17. The number of benzene rings is 1. The molecule has 0 radical (unpaired) electrons. The molecule has 6 nitrogen and oxygen atoms in total. The molecular weight excluding hydrogens is 290 g/mol. The van der Waals surface area contributed by atoms with Gasteiger partial charge >= 0.3 is 0 Å². The Hall–Kier alpha value is -2.18. The quantitative estimate of drug-likeness (QED) is 0.668. The van der Waals surface area contributed by atoms with Gasteiger partial charge in [0.15, 0.2) is 5.82 Å². The number of aromatic nitrogens is 2. The molecule has 0 saturated heterocycles. The van der Waals surface area contributed by atoms with Crippen LogP contribution < -0.4 is 11.3 Å². The molecule has 21 heavy (non-hydrogen) atoms. The molecule has 1 amide bonds. The van der Waals surface area contributed by atoms with Gasteiger partial charge in [-0.25, -0.2) is 15.8 Å². The van der Waals surface area contributed by atoms with Crippen molar-refractivity contribution in [3.63, 3.8) is 0 Å². The van der Waals surface area contributed by atoms with Crippen molar-refractivity contribution < 1.29 is 4.79 Å². The first-order valence-electron chi connectivity index (χ1n) is 6.34. The Kier molecular flexibility index (Phi) is 4.72. The van der Waals surface area contributed by atoms with Crippen LogP contribution in [0.15, 0.2) is 36.7 Å². The summed E-state index contributed by atoms with van der Waals surface area (Å²) in [6, 6.07) is 7.28. The van der Waals surface area contributed by atoms with E-state index in [1.165, 1.54) is 12.4 Å². The number of nitrogen functional groups attached to an aromatic ring is 1. The van der Waals surface area contributed by atoms with Crippen LogP contribution in [-0.2, 0) is 0 Å². The number of carbonyl (C=O) groups is 1. The van der Waals surface area contributed by atoms with Gasteiger partial charge in [0.05, 0.1) is 18.4 Å². The number of hydrogen-bond acceptors (Lipinski definition) is 5. The zero-order valence-electron chi connectivity index (χ0n) is 11.7. The van der Waals surface area contributed by atoms with Crippen LogP contribution in [0.2, 0.25) is 5.02 Å². The minimum absolute atomic E-state index is 0.134. The van der Waals surface area contributed by atoms with Crippen molar-refractivity contribution in [1.29, 1.82) is 0 Å². The van der Waals surface area contributed by atoms with Gasteiger partial charge in [-0.3, -0.25) is 4.79 Å². The summed E-state index contributed by atoms with van der Waals surface area (Å²) in [4.78, 5) is 22.0. The van der Waals surface area contributed by atoms with E-state index in [9.17, 15) is 4.79 Å². The molecule has 1 unspecified atom stereocenters. The van der Waals surface area contributed by atoms with Crippen molar-refractivity contribution in [2.75, 3.05) is 12.5 Å². The molecule has 0 fully saturated rings. The molecular formula is C14H16ClN5O. The standard InChI is InChI=1S/C14H16ClN5O/c1-9(10-4-3-5-11(15)6-10)20(2)14(21)12-7-18-13(19-16)8-17-12/h3-9H,16H2,1-2H3,(H,18,19). The second-order valence-electron chi connectivity index (χ2n) is 4.58. The molecule has 1 aromatic heterocycles. The van der Waals surface area contributed by atoms with Gasteiger partial charge < -0.3 is 10.3 Å². The summed E-state index contributed by atoms with van der Waals surface area (Å²) in [5, 5.41) is 0.637. The molecule has 110 valence electrons. The Morgan fingerprint density at radius 2 is 2.14 bits per heavy atom. The summed E-state index contributed by atoms with van der Waals surface area (Å²) in [5.41, 5.74) is 3.57. The van der Waals surface area contributed by atoms with E-state index in [1.807, 2.05) is 25.1 Å². The smallest absolute Gasteiger partial charge is 0.274 e. The molecule has 0 aliphatic heterocycles. The second kappa shape index (κ2) is 6.51. The number of rotatable bonds is 4. The first-order valence-corrected chi connectivity index (χ1v) is 6.72. The zero-order valence-corrected chi connectivity index (χ0v) is 12.5. The predicted octanol–water partition coefficient (Wildman–Crippen LogP) is 2.25. The molecule has 7 heteroatoms. The molecule has 0 spiro atoms. The van der Waals surface area contributed by atoms with Crippen LogP contribution in [0.4, 0.5) is 5.82 Å². The Morgan fingerprint density at radius 3 is 2.71 bits per heavy atom. The van der Waals surface area contributed by atoms with Crippen LogP contribution in [-0.4, -0.2) is 27.8 Å². The number of nitrogens with one attached hydrogen (secondary N) is 1. The van der Waals surface area contributed by atoms with Gasteiger partial charge in [-0.05, 0) is 24.6 Å². The van der Waals surface area contributed by atoms with Crippen molar-refractivity contribution in [2.24, 2.45) is 5.84 Å². The molecule has 2 rings (SSSR count). The maximum atomic E-state index is 12.4. The zero-order chi connectivity index (χ0) is 15.4. The highest BCUT2D eigenvalue weighted by molar-refractivity contribution is 6.30. The van der Waals surface area contributed by atoms with Gasteiger partial charge in [0.1, 0.15) is 5.69 Å². The molecule has 0 saturated carbocycles. The summed E-state index contributed by atoms with van der Waals surface area (Å²) >= 11 is 5.98. The highest BCUT2D eigenvalue weighted by Gasteiger charge is 2.20. The van der Waals surface area contributed by atoms with Gasteiger partial charge in [-0.15, -0.1) is 0 Å². The third-order valence-corrected chi connectivity index (χ3v) is 3.49. The number of nitrogens with two attached hydrogens (primary N) is 1. The average Bonchev–Trinajstić information content (AvgIpc) is 2.53. The largest absolute Gasteiger partial charge is 0.334 e. The topological polar surface area (TPSA) is 84.1 Å². The van der Waals surface area contributed by atoms with Crippen molar-refractivity contribution in [2.45, 2.75) is 13.0 Å². The van der Waals surface area contributed by atoms with Crippen molar-refractivity contribution in [3.05, 3.63) is 52.9 Å².